The molecule has 10 nitrogen and oxygen atoms in total. The number of benzene rings is 1. The largest absolute Gasteiger partial charge is 0.513 e. The number of carbonyl (C=O) groups is 1. The molecule has 1 aliphatic heterocycles. The van der Waals surface area contributed by atoms with Crippen molar-refractivity contribution in [1.29, 1.82) is 0 Å². The Morgan fingerprint density at radius 2 is 2.00 bits per heavy atom. The lowest BCUT2D eigenvalue weighted by Crippen LogP contribution is -2.44. The van der Waals surface area contributed by atoms with Gasteiger partial charge in [-0.05, 0) is 38.5 Å². The molecule has 0 unspecified atom stereocenters. The first-order chi connectivity index (χ1) is 17.8. The highest BCUT2D eigenvalue weighted by atomic mass is 35.5. The van der Waals surface area contributed by atoms with Crippen molar-refractivity contribution in [3.05, 3.63) is 41.9 Å². The molecule has 2 aromatic rings. The highest BCUT2D eigenvalue weighted by Crippen LogP contribution is 2.41. The maximum absolute atomic E-state index is 13.6. The number of carbonyl (C=O) groups excluding carboxylic acids is 1. The molecule has 2 heterocycles. The van der Waals surface area contributed by atoms with Crippen molar-refractivity contribution >= 4 is 39.1 Å². The van der Waals surface area contributed by atoms with E-state index in [9.17, 15) is 40.3 Å². The Balaban J connectivity index is 2.01. The van der Waals surface area contributed by atoms with Crippen molar-refractivity contribution < 1.29 is 49.7 Å². The zero-order valence-corrected chi connectivity index (χ0v) is 22.2. The minimum atomic E-state index is -4.87. The number of allylic oxidation sites excluding steroid dienone is 1. The monoisotopic (exact) mass is 602 g/mol. The van der Waals surface area contributed by atoms with Crippen LogP contribution in [0.1, 0.15) is 33.7 Å². The van der Waals surface area contributed by atoms with Gasteiger partial charge in [0.2, 0.25) is 5.60 Å². The summed E-state index contributed by atoms with van der Waals surface area (Å²) in [5, 5.41) is 14.4. The quantitative estimate of drug-likeness (QED) is 0.286. The lowest BCUT2D eigenvalue weighted by molar-refractivity contribution is -0.242. The van der Waals surface area contributed by atoms with E-state index in [0.717, 1.165) is 10.4 Å². The highest BCUT2D eigenvalue weighted by molar-refractivity contribution is 7.93. The third-order valence-corrected chi connectivity index (χ3v) is 7.95. The number of sulfonamides is 1. The molecule has 2 atom stereocenters. The Hall–Kier alpha value is -3.27. The predicted molar refractivity (Wildman–Crippen MR) is 130 cm³/mol. The molecule has 1 amide bonds. The number of amides is 1. The number of rotatable bonds is 8. The van der Waals surface area contributed by atoms with Crippen molar-refractivity contribution in [3.63, 3.8) is 0 Å². The van der Waals surface area contributed by atoms with Crippen LogP contribution in [0.2, 0.25) is 5.15 Å². The van der Waals surface area contributed by atoms with Gasteiger partial charge in [0, 0.05) is 11.6 Å². The van der Waals surface area contributed by atoms with Crippen molar-refractivity contribution in [2.45, 2.75) is 56.5 Å². The van der Waals surface area contributed by atoms with Crippen LogP contribution in [0.4, 0.5) is 38.1 Å². The summed E-state index contributed by atoms with van der Waals surface area (Å²) < 4.78 is 104. The van der Waals surface area contributed by atoms with Gasteiger partial charge in [0.1, 0.15) is 16.7 Å². The summed E-state index contributed by atoms with van der Waals surface area (Å²) in [5.74, 6) is -0.726. The number of nitrogens with zero attached hydrogens (tertiary/aromatic N) is 3. The average molecular weight is 603 g/mol. The smallest absolute Gasteiger partial charge is 0.427 e. The Bertz CT molecular complexity index is 1370. The fourth-order valence-electron chi connectivity index (χ4n) is 3.45. The van der Waals surface area contributed by atoms with Gasteiger partial charge in [0.25, 0.3) is 10.0 Å². The van der Waals surface area contributed by atoms with Gasteiger partial charge in [-0.25, -0.2) is 17.9 Å². The Morgan fingerprint density at radius 1 is 1.36 bits per heavy atom. The number of halogens is 6. The maximum atomic E-state index is 13.6. The van der Waals surface area contributed by atoms with Gasteiger partial charge in [-0.15, -0.1) is 0 Å². The van der Waals surface area contributed by atoms with E-state index in [1.807, 2.05) is 0 Å². The normalized spacial score (nSPS) is 16.9. The number of aliphatic hydroxyl groups excluding tert-OH is 1. The van der Waals surface area contributed by atoms with E-state index in [0.29, 0.717) is 20.0 Å². The molecular weight excluding hydrogens is 579 g/mol. The van der Waals surface area contributed by atoms with Gasteiger partial charge >= 0.3 is 18.8 Å². The van der Waals surface area contributed by atoms with Crippen molar-refractivity contribution in [2.24, 2.45) is 5.92 Å². The zero-order chi connectivity index (χ0) is 29.5. The number of ether oxygens (including phenoxy) is 2. The van der Waals surface area contributed by atoms with Crippen LogP contribution in [0.15, 0.2) is 41.6 Å². The van der Waals surface area contributed by atoms with Gasteiger partial charge in [-0.1, -0.05) is 25.1 Å². The lowest BCUT2D eigenvalue weighted by atomic mass is 10.0. The van der Waals surface area contributed by atoms with E-state index in [2.05, 4.69) is 21.7 Å². The maximum Gasteiger partial charge on any atom is 0.427 e. The Morgan fingerprint density at radius 3 is 2.54 bits per heavy atom. The molecule has 0 saturated carbocycles. The van der Waals surface area contributed by atoms with Crippen LogP contribution in [0.3, 0.4) is 0 Å². The standard InChI is InChI=1S/C22H24ClF5N4O6S/c1-11(12(2)33)7-14-9-32(39(35,36)17-10-31(19(24)25)30-18(17)23)15-8-13(5-6-16(15)37-14)29-20(34)38-21(3,4)22(26,27)28/h5-6,8,10-11,14,19,33H,2,7,9H2,1,3-4H3,(H,29,34)/t11-,14-/m0/s1. The van der Waals surface area contributed by atoms with Crippen LogP contribution in [0.5, 0.6) is 5.75 Å². The van der Waals surface area contributed by atoms with Crippen molar-refractivity contribution in [3.8, 4) is 5.75 Å². The van der Waals surface area contributed by atoms with E-state index in [1.54, 1.807) is 6.92 Å². The van der Waals surface area contributed by atoms with E-state index in [1.165, 1.54) is 12.1 Å². The van der Waals surface area contributed by atoms with Crippen LogP contribution >= 0.6 is 11.6 Å². The molecule has 39 heavy (non-hydrogen) atoms. The predicted octanol–water partition coefficient (Wildman–Crippen LogP) is 5.88. The number of aromatic nitrogens is 2. The number of nitrogens with one attached hydrogen (secondary N) is 1. The molecule has 0 fully saturated rings. The Kier molecular flexibility index (Phi) is 8.32. The summed E-state index contributed by atoms with van der Waals surface area (Å²) in [6.07, 6.45) is -6.55. The van der Waals surface area contributed by atoms with Gasteiger partial charge in [-0.3, -0.25) is 9.62 Å². The van der Waals surface area contributed by atoms with Crippen LogP contribution < -0.4 is 14.4 Å². The topological polar surface area (TPSA) is 123 Å². The van der Waals surface area contributed by atoms with Crippen LogP contribution in [0, 0.1) is 5.92 Å². The number of hydrogen-bond donors (Lipinski definition) is 2. The first kappa shape index (κ1) is 30.3. The fourth-order valence-corrected chi connectivity index (χ4v) is 5.37. The third-order valence-electron chi connectivity index (χ3n) is 5.78. The number of aliphatic hydroxyl groups is 1. The summed E-state index contributed by atoms with van der Waals surface area (Å²) >= 11 is 5.87. The first-order valence-corrected chi connectivity index (χ1v) is 13.0. The molecule has 0 spiro atoms. The van der Waals surface area contributed by atoms with Crippen LogP contribution in [-0.2, 0) is 14.8 Å². The number of anilines is 2. The fraction of sp³-hybridized carbons (Fsp3) is 0.455. The molecule has 216 valence electrons. The summed E-state index contributed by atoms with van der Waals surface area (Å²) in [4.78, 5) is 11.4. The van der Waals surface area contributed by atoms with Gasteiger partial charge in [0.05, 0.1) is 24.2 Å². The molecule has 0 aliphatic carbocycles. The molecule has 1 aromatic carbocycles. The van der Waals surface area contributed by atoms with E-state index < -0.39 is 63.1 Å². The Labute approximate surface area is 225 Å². The second-order valence-corrected chi connectivity index (χ2v) is 11.3. The van der Waals surface area contributed by atoms with Crippen LogP contribution in [0.25, 0.3) is 0 Å². The lowest BCUT2D eigenvalue weighted by Gasteiger charge is -2.36. The second-order valence-electron chi connectivity index (χ2n) is 9.15. The minimum absolute atomic E-state index is 0.0301. The molecule has 0 bridgehead atoms. The first-order valence-electron chi connectivity index (χ1n) is 11.1. The summed E-state index contributed by atoms with van der Waals surface area (Å²) in [5.41, 5.74) is -3.17. The second kappa shape index (κ2) is 10.7. The summed E-state index contributed by atoms with van der Waals surface area (Å²) in [6.45, 7) is 2.77. The molecular formula is C22H24ClF5N4O6S. The molecule has 0 saturated heterocycles. The SMILES string of the molecule is C=C(O)[C@@H](C)C[C@H]1CN(S(=O)(=O)c2cn(C(F)F)nc2Cl)c2cc(NC(=O)OC(C)(C)C(F)(F)F)ccc2O1. The summed E-state index contributed by atoms with van der Waals surface area (Å²) in [7, 11) is -4.67. The summed E-state index contributed by atoms with van der Waals surface area (Å²) in [6, 6.07) is 3.56. The van der Waals surface area contributed by atoms with Crippen LogP contribution in [-0.4, -0.2) is 53.8 Å². The number of alkyl halides is 5. The zero-order valence-electron chi connectivity index (χ0n) is 20.7. The van der Waals surface area contributed by atoms with Gasteiger partial charge < -0.3 is 14.6 Å². The highest BCUT2D eigenvalue weighted by Gasteiger charge is 2.51. The van der Waals surface area contributed by atoms with Gasteiger partial charge in [0.15, 0.2) is 5.15 Å². The van der Waals surface area contributed by atoms with E-state index in [4.69, 9.17) is 16.3 Å². The molecule has 3 rings (SSSR count). The minimum Gasteiger partial charge on any atom is -0.513 e. The van der Waals surface area contributed by atoms with E-state index in [-0.39, 0.29) is 34.0 Å². The molecule has 17 heteroatoms. The molecule has 0 radical (unpaired) electrons. The van der Waals surface area contributed by atoms with E-state index >= 15 is 0 Å². The number of fused-ring (bicyclic) bond motifs is 1. The van der Waals surface area contributed by atoms with Gasteiger partial charge in [-0.2, -0.15) is 27.1 Å². The molecule has 2 N–H and O–H groups in total. The molecule has 1 aromatic heterocycles. The molecule has 1 aliphatic rings. The number of hydrogen-bond acceptors (Lipinski definition) is 7. The third kappa shape index (κ3) is 6.49. The average Bonchev–Trinajstić information content (AvgIpc) is 3.20. The van der Waals surface area contributed by atoms with Crippen molar-refractivity contribution in [1.82, 2.24) is 9.78 Å². The van der Waals surface area contributed by atoms with Crippen molar-refractivity contribution in [2.75, 3.05) is 16.2 Å².